The molecule has 2 aromatic rings. The lowest BCUT2D eigenvalue weighted by Crippen LogP contribution is -2.29. The molecule has 7 heteroatoms. The number of nitro groups is 1. The standard InChI is InChI=1S/C19H20N2O3S2/c1-13(16-4-3-5-17(12-16)21(23)24)20(2)18(22)14-6-8-15(9-7-14)19-25-10-11-26-19/h3-9,12-13,19H,10-11H2,1-2H3/t13-/m1/s1. The third-order valence-electron chi connectivity index (χ3n) is 4.52. The molecule has 0 radical (unpaired) electrons. The van der Waals surface area contributed by atoms with Crippen LogP contribution < -0.4 is 0 Å². The fourth-order valence-electron chi connectivity index (χ4n) is 2.84. The van der Waals surface area contributed by atoms with E-state index in [0.29, 0.717) is 10.1 Å². The molecule has 136 valence electrons. The molecule has 0 spiro atoms. The third kappa shape index (κ3) is 4.04. The van der Waals surface area contributed by atoms with Crippen molar-refractivity contribution in [2.45, 2.75) is 17.5 Å². The molecule has 1 aliphatic rings. The highest BCUT2D eigenvalue weighted by molar-refractivity contribution is 8.19. The summed E-state index contributed by atoms with van der Waals surface area (Å²) in [4.78, 5) is 25.0. The van der Waals surface area contributed by atoms with Crippen molar-refractivity contribution in [3.8, 4) is 0 Å². The molecule has 1 fully saturated rings. The van der Waals surface area contributed by atoms with Gasteiger partial charge in [-0.2, -0.15) is 0 Å². The zero-order chi connectivity index (χ0) is 18.7. The average Bonchev–Trinajstić information content (AvgIpc) is 3.21. The smallest absolute Gasteiger partial charge is 0.269 e. The number of carbonyl (C=O) groups excluding carboxylic acids is 1. The van der Waals surface area contributed by atoms with E-state index in [4.69, 9.17) is 0 Å². The Bertz CT molecular complexity index is 805. The molecule has 3 rings (SSSR count). The van der Waals surface area contributed by atoms with Gasteiger partial charge in [-0.25, -0.2) is 0 Å². The first kappa shape index (κ1) is 18.8. The fraction of sp³-hybridized carbons (Fsp3) is 0.316. The number of hydrogen-bond acceptors (Lipinski definition) is 5. The Morgan fingerprint density at radius 3 is 2.46 bits per heavy atom. The number of rotatable bonds is 5. The van der Waals surface area contributed by atoms with E-state index in [9.17, 15) is 14.9 Å². The van der Waals surface area contributed by atoms with Gasteiger partial charge in [0.15, 0.2) is 0 Å². The van der Waals surface area contributed by atoms with E-state index in [2.05, 4.69) is 0 Å². The molecule has 0 bridgehead atoms. The van der Waals surface area contributed by atoms with Gasteiger partial charge in [0.1, 0.15) is 0 Å². The van der Waals surface area contributed by atoms with Gasteiger partial charge in [-0.05, 0) is 30.2 Å². The van der Waals surface area contributed by atoms with Crippen LogP contribution in [0, 0.1) is 10.1 Å². The van der Waals surface area contributed by atoms with Crippen molar-refractivity contribution in [1.29, 1.82) is 0 Å². The first-order valence-corrected chi connectivity index (χ1v) is 10.4. The lowest BCUT2D eigenvalue weighted by molar-refractivity contribution is -0.384. The number of thioether (sulfide) groups is 2. The van der Waals surface area contributed by atoms with E-state index in [-0.39, 0.29) is 17.6 Å². The Morgan fingerprint density at radius 2 is 1.85 bits per heavy atom. The Hall–Kier alpha value is -1.99. The van der Waals surface area contributed by atoms with E-state index in [1.54, 1.807) is 24.1 Å². The number of nitrogens with zero attached hydrogens (tertiary/aromatic N) is 2. The van der Waals surface area contributed by atoms with Crippen LogP contribution in [0.25, 0.3) is 0 Å². The second-order valence-corrected chi connectivity index (χ2v) is 8.86. The van der Waals surface area contributed by atoms with Crippen LogP contribution in [0.5, 0.6) is 0 Å². The molecule has 2 aromatic carbocycles. The molecule has 0 unspecified atom stereocenters. The summed E-state index contributed by atoms with van der Waals surface area (Å²) < 4.78 is 0.459. The summed E-state index contributed by atoms with van der Waals surface area (Å²) >= 11 is 3.87. The number of amides is 1. The highest BCUT2D eigenvalue weighted by Gasteiger charge is 2.22. The molecule has 26 heavy (non-hydrogen) atoms. The molecule has 1 atom stereocenters. The van der Waals surface area contributed by atoms with Gasteiger partial charge in [-0.3, -0.25) is 14.9 Å². The minimum absolute atomic E-state index is 0.0334. The van der Waals surface area contributed by atoms with E-state index < -0.39 is 4.92 Å². The van der Waals surface area contributed by atoms with Crippen LogP contribution in [-0.2, 0) is 0 Å². The number of carbonyl (C=O) groups is 1. The SMILES string of the molecule is C[C@H](c1cccc([N+](=O)[O-])c1)N(C)C(=O)c1ccc(C2SCCS2)cc1. The Balaban J connectivity index is 1.74. The van der Waals surface area contributed by atoms with Crippen LogP contribution in [0.1, 0.15) is 39.0 Å². The van der Waals surface area contributed by atoms with Crippen LogP contribution in [-0.4, -0.2) is 34.3 Å². The zero-order valence-electron chi connectivity index (χ0n) is 14.6. The van der Waals surface area contributed by atoms with Crippen molar-refractivity contribution in [2.75, 3.05) is 18.6 Å². The topological polar surface area (TPSA) is 63.5 Å². The second-order valence-electron chi connectivity index (χ2n) is 6.14. The summed E-state index contributed by atoms with van der Waals surface area (Å²) in [7, 11) is 1.72. The Labute approximate surface area is 161 Å². The lowest BCUT2D eigenvalue weighted by Gasteiger charge is -2.25. The Morgan fingerprint density at radius 1 is 1.19 bits per heavy atom. The van der Waals surface area contributed by atoms with E-state index in [1.165, 1.54) is 29.2 Å². The van der Waals surface area contributed by atoms with E-state index >= 15 is 0 Å². The summed E-state index contributed by atoms with van der Waals surface area (Å²) in [5.41, 5.74) is 2.64. The van der Waals surface area contributed by atoms with Crippen LogP contribution in [0.3, 0.4) is 0 Å². The fourth-order valence-corrected chi connectivity index (χ4v) is 5.69. The van der Waals surface area contributed by atoms with E-state index in [1.807, 2.05) is 54.7 Å². The molecule has 1 heterocycles. The van der Waals surface area contributed by atoms with Crippen LogP contribution >= 0.6 is 23.5 Å². The summed E-state index contributed by atoms with van der Waals surface area (Å²) in [6, 6.07) is 13.9. The maximum atomic E-state index is 12.8. The van der Waals surface area contributed by atoms with Gasteiger partial charge in [-0.15, -0.1) is 23.5 Å². The van der Waals surface area contributed by atoms with Crippen molar-refractivity contribution < 1.29 is 9.72 Å². The predicted molar refractivity (Wildman–Crippen MR) is 108 cm³/mol. The molecular formula is C19H20N2O3S2. The number of non-ortho nitro benzene ring substituents is 1. The molecule has 1 aliphatic heterocycles. The van der Waals surface area contributed by atoms with Crippen molar-refractivity contribution in [2.24, 2.45) is 0 Å². The first-order chi connectivity index (χ1) is 12.5. The third-order valence-corrected chi connectivity index (χ3v) is 7.62. The van der Waals surface area contributed by atoms with Gasteiger partial charge >= 0.3 is 0 Å². The van der Waals surface area contributed by atoms with Crippen molar-refractivity contribution >= 4 is 35.1 Å². The monoisotopic (exact) mass is 388 g/mol. The van der Waals surface area contributed by atoms with Crippen LogP contribution in [0.15, 0.2) is 48.5 Å². The minimum Gasteiger partial charge on any atom is -0.335 e. The molecule has 1 saturated heterocycles. The number of benzene rings is 2. The van der Waals surface area contributed by atoms with Gasteiger partial charge in [0.25, 0.3) is 11.6 Å². The van der Waals surface area contributed by atoms with Gasteiger partial charge in [0.05, 0.1) is 15.5 Å². The summed E-state index contributed by atoms with van der Waals surface area (Å²) in [5.74, 6) is 2.24. The van der Waals surface area contributed by atoms with Crippen molar-refractivity contribution in [3.63, 3.8) is 0 Å². The van der Waals surface area contributed by atoms with Gasteiger partial charge in [0.2, 0.25) is 0 Å². The normalized spacial score (nSPS) is 15.6. The summed E-state index contributed by atoms with van der Waals surface area (Å²) in [6.45, 7) is 1.87. The van der Waals surface area contributed by atoms with Crippen molar-refractivity contribution in [1.82, 2.24) is 4.90 Å². The highest BCUT2D eigenvalue weighted by atomic mass is 32.2. The van der Waals surface area contributed by atoms with Gasteiger partial charge in [-0.1, -0.05) is 24.3 Å². The highest BCUT2D eigenvalue weighted by Crippen LogP contribution is 2.45. The van der Waals surface area contributed by atoms with E-state index in [0.717, 1.165) is 5.56 Å². The quantitative estimate of drug-likeness (QED) is 0.538. The molecule has 0 saturated carbocycles. The molecule has 0 aliphatic carbocycles. The van der Waals surface area contributed by atoms with Gasteiger partial charge < -0.3 is 4.90 Å². The maximum Gasteiger partial charge on any atom is 0.269 e. The number of nitro benzene ring substituents is 1. The second kappa shape index (κ2) is 8.14. The van der Waals surface area contributed by atoms with Crippen LogP contribution in [0.2, 0.25) is 0 Å². The number of hydrogen-bond donors (Lipinski definition) is 0. The average molecular weight is 389 g/mol. The van der Waals surface area contributed by atoms with Gasteiger partial charge in [0, 0.05) is 36.2 Å². The Kier molecular flexibility index (Phi) is 5.88. The summed E-state index contributed by atoms with van der Waals surface area (Å²) in [5, 5.41) is 11.0. The maximum absolute atomic E-state index is 12.8. The molecule has 0 aromatic heterocycles. The predicted octanol–water partition coefficient (Wildman–Crippen LogP) is 4.91. The minimum atomic E-state index is -0.421. The first-order valence-electron chi connectivity index (χ1n) is 8.32. The lowest BCUT2D eigenvalue weighted by atomic mass is 10.0. The zero-order valence-corrected chi connectivity index (χ0v) is 16.3. The molecular weight excluding hydrogens is 368 g/mol. The van der Waals surface area contributed by atoms with Crippen LogP contribution in [0.4, 0.5) is 5.69 Å². The summed E-state index contributed by atoms with van der Waals surface area (Å²) in [6.07, 6.45) is 0. The molecule has 1 amide bonds. The largest absolute Gasteiger partial charge is 0.335 e. The van der Waals surface area contributed by atoms with Crippen molar-refractivity contribution in [3.05, 3.63) is 75.3 Å². The molecule has 0 N–H and O–H groups in total. The molecule has 5 nitrogen and oxygen atoms in total.